The second-order valence-electron chi connectivity index (χ2n) is 3.86. The smallest absolute Gasteiger partial charge is 0.157 e. The molecule has 0 radical (unpaired) electrons. The molecule has 0 spiro atoms. The topological polar surface area (TPSA) is 60.2 Å². The summed E-state index contributed by atoms with van der Waals surface area (Å²) in [6.45, 7) is 0. The maximum Gasteiger partial charge on any atom is 0.157 e. The Morgan fingerprint density at radius 1 is 1.40 bits per heavy atom. The van der Waals surface area contributed by atoms with Crippen LogP contribution in [0.4, 0.5) is 5.69 Å². The summed E-state index contributed by atoms with van der Waals surface area (Å²) in [5.74, 6) is 0.00153. The van der Waals surface area contributed by atoms with Crippen LogP contribution in [0, 0.1) is 0 Å². The molecule has 0 heterocycles. The summed E-state index contributed by atoms with van der Waals surface area (Å²) in [7, 11) is -3.02. The highest BCUT2D eigenvalue weighted by Crippen LogP contribution is 2.32. The zero-order valence-corrected chi connectivity index (χ0v) is 9.68. The molecular weight excluding hydrogens is 234 g/mol. The monoisotopic (exact) mass is 245 g/mol. The van der Waals surface area contributed by atoms with Gasteiger partial charge in [-0.1, -0.05) is 11.6 Å². The van der Waals surface area contributed by atoms with E-state index >= 15 is 0 Å². The van der Waals surface area contributed by atoms with E-state index in [0.717, 1.165) is 12.8 Å². The molecule has 1 aliphatic carbocycles. The van der Waals surface area contributed by atoms with Crippen molar-refractivity contribution in [2.24, 2.45) is 0 Å². The van der Waals surface area contributed by atoms with Gasteiger partial charge in [-0.15, -0.1) is 0 Å². The fraction of sp³-hybridized carbons (Fsp3) is 0.400. The van der Waals surface area contributed by atoms with E-state index < -0.39 is 9.84 Å². The van der Waals surface area contributed by atoms with E-state index in [2.05, 4.69) is 0 Å². The lowest BCUT2D eigenvalue weighted by Gasteiger charge is -2.06. The second kappa shape index (κ2) is 3.68. The molecule has 0 amide bonds. The lowest BCUT2D eigenvalue weighted by molar-refractivity contribution is 0.594. The number of halogens is 1. The predicted molar refractivity (Wildman–Crippen MR) is 61.5 cm³/mol. The highest BCUT2D eigenvalue weighted by Gasteiger charge is 2.35. The van der Waals surface area contributed by atoms with Crippen molar-refractivity contribution in [1.82, 2.24) is 0 Å². The van der Waals surface area contributed by atoms with Crippen LogP contribution in [0.15, 0.2) is 18.2 Å². The van der Waals surface area contributed by atoms with Crippen LogP contribution >= 0.6 is 11.6 Å². The van der Waals surface area contributed by atoms with Crippen molar-refractivity contribution < 1.29 is 8.42 Å². The Labute approximate surface area is 94.2 Å². The summed E-state index contributed by atoms with van der Waals surface area (Å²) in [6, 6.07) is 4.92. The summed E-state index contributed by atoms with van der Waals surface area (Å²) in [4.78, 5) is 0. The standard InChI is InChI=1S/C10H12ClNO2S/c11-10-4-1-8(12)5-7(10)6-15(13,14)9-2-3-9/h1,4-5,9H,2-3,6,12H2. The van der Waals surface area contributed by atoms with Gasteiger partial charge >= 0.3 is 0 Å². The molecule has 0 atom stereocenters. The van der Waals surface area contributed by atoms with Crippen LogP contribution in [-0.2, 0) is 15.6 Å². The molecule has 0 saturated heterocycles. The zero-order valence-electron chi connectivity index (χ0n) is 8.11. The van der Waals surface area contributed by atoms with E-state index in [1.807, 2.05) is 0 Å². The summed E-state index contributed by atoms with van der Waals surface area (Å²) in [6.07, 6.45) is 1.56. The molecule has 1 saturated carbocycles. The first-order chi connectivity index (χ1) is 6.99. The minimum absolute atomic E-state index is 0.00153. The fourth-order valence-corrected chi connectivity index (χ4v) is 3.49. The highest BCUT2D eigenvalue weighted by molar-refractivity contribution is 7.91. The SMILES string of the molecule is Nc1ccc(Cl)c(CS(=O)(=O)C2CC2)c1. The van der Waals surface area contributed by atoms with Gasteiger partial charge in [-0.25, -0.2) is 8.42 Å². The van der Waals surface area contributed by atoms with Crippen molar-refractivity contribution in [3.05, 3.63) is 28.8 Å². The molecule has 0 aliphatic heterocycles. The number of benzene rings is 1. The van der Waals surface area contributed by atoms with Gasteiger partial charge in [0.2, 0.25) is 0 Å². The number of anilines is 1. The number of hydrogen-bond donors (Lipinski definition) is 1. The van der Waals surface area contributed by atoms with Gasteiger partial charge in [-0.05, 0) is 36.6 Å². The van der Waals surface area contributed by atoms with Crippen LogP contribution in [0.25, 0.3) is 0 Å². The van der Waals surface area contributed by atoms with E-state index in [0.29, 0.717) is 16.3 Å². The minimum atomic E-state index is -3.02. The van der Waals surface area contributed by atoms with Crippen LogP contribution in [0.3, 0.4) is 0 Å². The highest BCUT2D eigenvalue weighted by atomic mass is 35.5. The lowest BCUT2D eigenvalue weighted by Crippen LogP contribution is -2.10. The van der Waals surface area contributed by atoms with E-state index in [4.69, 9.17) is 17.3 Å². The molecule has 1 aromatic rings. The summed E-state index contributed by atoms with van der Waals surface area (Å²) < 4.78 is 23.5. The third-order valence-corrected chi connectivity index (χ3v) is 5.03. The van der Waals surface area contributed by atoms with Crippen molar-refractivity contribution >= 4 is 27.1 Å². The van der Waals surface area contributed by atoms with Gasteiger partial charge in [0, 0.05) is 10.7 Å². The van der Waals surface area contributed by atoms with Gasteiger partial charge in [0.05, 0.1) is 11.0 Å². The molecule has 82 valence electrons. The summed E-state index contributed by atoms with van der Waals surface area (Å²) >= 11 is 5.91. The first-order valence-corrected chi connectivity index (χ1v) is 6.84. The minimum Gasteiger partial charge on any atom is -0.399 e. The van der Waals surface area contributed by atoms with Crippen LogP contribution in [0.5, 0.6) is 0 Å². The summed E-state index contributed by atoms with van der Waals surface area (Å²) in [5.41, 5.74) is 6.73. The van der Waals surface area contributed by atoms with Crippen molar-refractivity contribution in [3.8, 4) is 0 Å². The number of hydrogen-bond acceptors (Lipinski definition) is 3. The Balaban J connectivity index is 2.27. The molecule has 0 bridgehead atoms. The molecule has 1 aromatic carbocycles. The molecule has 3 nitrogen and oxygen atoms in total. The Morgan fingerprint density at radius 3 is 2.67 bits per heavy atom. The largest absolute Gasteiger partial charge is 0.399 e. The Morgan fingerprint density at radius 2 is 2.07 bits per heavy atom. The Bertz CT molecular complexity index is 480. The van der Waals surface area contributed by atoms with Crippen molar-refractivity contribution in [1.29, 1.82) is 0 Å². The van der Waals surface area contributed by atoms with E-state index in [9.17, 15) is 8.42 Å². The van der Waals surface area contributed by atoms with Crippen molar-refractivity contribution in [2.45, 2.75) is 23.8 Å². The fourth-order valence-electron chi connectivity index (χ4n) is 1.47. The average molecular weight is 246 g/mol. The van der Waals surface area contributed by atoms with Crippen LogP contribution in [0.1, 0.15) is 18.4 Å². The number of nitrogen functional groups attached to an aromatic ring is 1. The zero-order chi connectivity index (χ0) is 11.1. The quantitative estimate of drug-likeness (QED) is 0.829. The lowest BCUT2D eigenvalue weighted by atomic mass is 10.2. The summed E-state index contributed by atoms with van der Waals surface area (Å²) in [5, 5.41) is 0.309. The van der Waals surface area contributed by atoms with E-state index in [-0.39, 0.29) is 11.0 Å². The average Bonchev–Trinajstić information content (AvgIpc) is 2.93. The third-order valence-electron chi connectivity index (χ3n) is 2.46. The van der Waals surface area contributed by atoms with Crippen LogP contribution in [-0.4, -0.2) is 13.7 Å². The van der Waals surface area contributed by atoms with Gasteiger partial charge in [0.25, 0.3) is 0 Å². The number of sulfone groups is 1. The molecule has 2 N–H and O–H groups in total. The predicted octanol–water partition coefficient (Wildman–Crippen LogP) is 2.00. The molecule has 0 aromatic heterocycles. The first kappa shape index (κ1) is 10.8. The molecule has 2 rings (SSSR count). The maximum atomic E-state index is 11.7. The maximum absolute atomic E-state index is 11.7. The van der Waals surface area contributed by atoms with Gasteiger partial charge in [-0.3, -0.25) is 0 Å². The second-order valence-corrected chi connectivity index (χ2v) is 6.55. The first-order valence-electron chi connectivity index (χ1n) is 4.74. The molecule has 1 fully saturated rings. The Kier molecular flexibility index (Phi) is 2.64. The Hall–Kier alpha value is -0.740. The molecule has 1 aliphatic rings. The van der Waals surface area contributed by atoms with Gasteiger partial charge in [0.15, 0.2) is 9.84 Å². The van der Waals surface area contributed by atoms with E-state index in [1.165, 1.54) is 0 Å². The van der Waals surface area contributed by atoms with Gasteiger partial charge in [0.1, 0.15) is 0 Å². The van der Waals surface area contributed by atoms with Crippen LogP contribution in [0.2, 0.25) is 5.02 Å². The normalized spacial score (nSPS) is 16.6. The van der Waals surface area contributed by atoms with Crippen molar-refractivity contribution in [2.75, 3.05) is 5.73 Å². The molecular formula is C10H12ClNO2S. The van der Waals surface area contributed by atoms with Gasteiger partial charge < -0.3 is 5.73 Å². The molecule has 0 unspecified atom stereocenters. The third kappa shape index (κ3) is 2.44. The van der Waals surface area contributed by atoms with Gasteiger partial charge in [-0.2, -0.15) is 0 Å². The van der Waals surface area contributed by atoms with E-state index in [1.54, 1.807) is 18.2 Å². The van der Waals surface area contributed by atoms with Crippen molar-refractivity contribution in [3.63, 3.8) is 0 Å². The number of nitrogens with two attached hydrogens (primary N) is 1. The number of rotatable bonds is 3. The van der Waals surface area contributed by atoms with Crippen LogP contribution < -0.4 is 5.73 Å². The molecule has 15 heavy (non-hydrogen) atoms. The molecule has 5 heteroatoms.